The minimum absolute atomic E-state index is 0.329. The summed E-state index contributed by atoms with van der Waals surface area (Å²) in [5.41, 5.74) is 0.329. The molecule has 24 heavy (non-hydrogen) atoms. The lowest BCUT2D eigenvalue weighted by molar-refractivity contribution is -0.315. The average Bonchev–Trinajstić information content (AvgIpc) is 2.58. The van der Waals surface area contributed by atoms with Crippen LogP contribution >= 0.6 is 0 Å². The fourth-order valence-electron chi connectivity index (χ4n) is 2.69. The first-order chi connectivity index (χ1) is 11.4. The van der Waals surface area contributed by atoms with Crippen LogP contribution in [0.1, 0.15) is 0 Å². The molecule has 0 radical (unpaired) electrons. The van der Waals surface area contributed by atoms with Crippen LogP contribution in [-0.4, -0.2) is 88.3 Å². The molecule has 0 bridgehead atoms. The number of methoxy groups -OCH3 is 1. The number of hydrogen-bond acceptors (Lipinski definition) is 9. The Bertz CT molecular complexity index is 528. The van der Waals surface area contributed by atoms with Crippen LogP contribution in [0.15, 0.2) is 23.8 Å². The van der Waals surface area contributed by atoms with Gasteiger partial charge in [-0.05, 0) is 5.57 Å². The second-order valence-corrected chi connectivity index (χ2v) is 5.58. The third-order valence-electron chi connectivity index (χ3n) is 4.09. The Hall–Kier alpha value is -1.35. The summed E-state index contributed by atoms with van der Waals surface area (Å²) < 4.78 is 15.9. The molecule has 1 fully saturated rings. The lowest BCUT2D eigenvalue weighted by Gasteiger charge is -2.42. The van der Waals surface area contributed by atoms with Gasteiger partial charge in [0.15, 0.2) is 6.29 Å². The van der Waals surface area contributed by atoms with Gasteiger partial charge in [0.05, 0.1) is 12.7 Å². The van der Waals surface area contributed by atoms with E-state index in [1.54, 1.807) is 12.2 Å². The zero-order valence-corrected chi connectivity index (χ0v) is 13.0. The highest BCUT2D eigenvalue weighted by Gasteiger charge is 2.46. The van der Waals surface area contributed by atoms with Crippen LogP contribution in [0.4, 0.5) is 0 Å². The van der Waals surface area contributed by atoms with Crippen LogP contribution in [0.5, 0.6) is 0 Å². The summed E-state index contributed by atoms with van der Waals surface area (Å²) in [7, 11) is 1.39. The van der Waals surface area contributed by atoms with Gasteiger partial charge in [0.25, 0.3) is 0 Å². The van der Waals surface area contributed by atoms with Crippen molar-refractivity contribution in [1.29, 1.82) is 5.26 Å². The number of rotatable bonds is 4. The van der Waals surface area contributed by atoms with Gasteiger partial charge in [-0.2, -0.15) is 5.26 Å². The van der Waals surface area contributed by atoms with E-state index in [1.165, 1.54) is 13.2 Å². The van der Waals surface area contributed by atoms with Crippen LogP contribution in [-0.2, 0) is 14.2 Å². The number of aliphatic hydroxyl groups is 5. The zero-order chi connectivity index (χ0) is 17.9. The molecule has 1 heterocycles. The number of hydrogen-bond donors (Lipinski definition) is 5. The minimum atomic E-state index is -1.61. The van der Waals surface area contributed by atoms with Gasteiger partial charge in [-0.15, -0.1) is 0 Å². The van der Waals surface area contributed by atoms with Crippen molar-refractivity contribution in [3.63, 3.8) is 0 Å². The molecule has 0 spiro atoms. The van der Waals surface area contributed by atoms with Gasteiger partial charge in [-0.3, -0.25) is 0 Å². The van der Waals surface area contributed by atoms with Crippen LogP contribution in [0.25, 0.3) is 0 Å². The Morgan fingerprint density at radius 1 is 1.21 bits per heavy atom. The summed E-state index contributed by atoms with van der Waals surface area (Å²) in [5, 5.41) is 57.9. The SMILES string of the molecule is COC1C=CC(=CC#N)C(OC2OC(CO)C(O)C(O)C2O)C1O. The van der Waals surface area contributed by atoms with Gasteiger partial charge in [0.2, 0.25) is 0 Å². The van der Waals surface area contributed by atoms with Gasteiger partial charge in [-0.1, -0.05) is 12.2 Å². The molecule has 0 saturated carbocycles. The standard InChI is InChI=1S/C15H21NO8/c1-22-8-3-2-7(4-5-16)14(11(8)19)24-15-13(21)12(20)10(18)9(6-17)23-15/h2-4,8-15,17-21H,6H2,1H3. The lowest BCUT2D eigenvalue weighted by Crippen LogP contribution is -2.60. The van der Waals surface area contributed by atoms with Gasteiger partial charge in [-0.25, -0.2) is 0 Å². The van der Waals surface area contributed by atoms with E-state index in [-0.39, 0.29) is 0 Å². The summed E-state index contributed by atoms with van der Waals surface area (Å²) in [5.74, 6) is 0. The highest BCUT2D eigenvalue weighted by atomic mass is 16.7. The molecule has 8 unspecified atom stereocenters. The molecule has 134 valence electrons. The molecule has 1 saturated heterocycles. The predicted octanol–water partition coefficient (Wildman–Crippen LogP) is -2.43. The number of nitriles is 1. The molecule has 0 aromatic rings. The Labute approximate surface area is 138 Å². The number of aliphatic hydroxyl groups excluding tert-OH is 5. The summed E-state index contributed by atoms with van der Waals surface area (Å²) >= 11 is 0. The monoisotopic (exact) mass is 343 g/mol. The minimum Gasteiger partial charge on any atom is -0.394 e. The zero-order valence-electron chi connectivity index (χ0n) is 13.0. The van der Waals surface area contributed by atoms with Crippen molar-refractivity contribution in [2.24, 2.45) is 0 Å². The first-order valence-corrected chi connectivity index (χ1v) is 7.39. The topological polar surface area (TPSA) is 153 Å². The Morgan fingerprint density at radius 2 is 1.92 bits per heavy atom. The first kappa shape index (κ1) is 19.0. The van der Waals surface area contributed by atoms with E-state index >= 15 is 0 Å². The molecule has 8 atom stereocenters. The molecule has 9 heteroatoms. The Morgan fingerprint density at radius 3 is 2.50 bits per heavy atom. The molecule has 0 aromatic carbocycles. The molecule has 9 nitrogen and oxygen atoms in total. The van der Waals surface area contributed by atoms with E-state index in [4.69, 9.17) is 19.5 Å². The normalized spacial score (nSPS) is 44.5. The first-order valence-electron chi connectivity index (χ1n) is 7.39. The van der Waals surface area contributed by atoms with Crippen molar-refractivity contribution in [3.05, 3.63) is 23.8 Å². The lowest BCUT2D eigenvalue weighted by atomic mass is 9.92. The highest BCUT2D eigenvalue weighted by Crippen LogP contribution is 2.29. The second kappa shape index (κ2) is 8.15. The van der Waals surface area contributed by atoms with E-state index in [1.807, 2.05) is 6.07 Å². The third kappa shape index (κ3) is 3.66. The highest BCUT2D eigenvalue weighted by molar-refractivity contribution is 5.34. The van der Waals surface area contributed by atoms with E-state index < -0.39 is 55.6 Å². The third-order valence-corrected chi connectivity index (χ3v) is 4.09. The van der Waals surface area contributed by atoms with E-state index in [9.17, 15) is 25.5 Å². The van der Waals surface area contributed by atoms with Crippen molar-refractivity contribution >= 4 is 0 Å². The van der Waals surface area contributed by atoms with Gasteiger partial charge < -0.3 is 39.7 Å². The smallest absolute Gasteiger partial charge is 0.187 e. The molecular weight excluding hydrogens is 322 g/mol. The van der Waals surface area contributed by atoms with E-state index in [2.05, 4.69) is 0 Å². The Balaban J connectivity index is 2.21. The summed E-state index contributed by atoms with van der Waals surface area (Å²) in [6.45, 7) is -0.598. The maximum atomic E-state index is 10.3. The van der Waals surface area contributed by atoms with Crippen LogP contribution in [0, 0.1) is 11.3 Å². The summed E-state index contributed by atoms with van der Waals surface area (Å²) in [6.07, 6.45) is -5.97. The van der Waals surface area contributed by atoms with Crippen molar-refractivity contribution in [1.82, 2.24) is 0 Å². The van der Waals surface area contributed by atoms with Gasteiger partial charge >= 0.3 is 0 Å². The quantitative estimate of drug-likeness (QED) is 0.351. The van der Waals surface area contributed by atoms with Crippen LogP contribution in [0.3, 0.4) is 0 Å². The van der Waals surface area contributed by atoms with Gasteiger partial charge in [0.1, 0.15) is 42.7 Å². The average molecular weight is 343 g/mol. The molecule has 1 aliphatic heterocycles. The summed E-state index contributed by atoms with van der Waals surface area (Å²) in [4.78, 5) is 0. The fourth-order valence-corrected chi connectivity index (χ4v) is 2.69. The Kier molecular flexibility index (Phi) is 6.45. The number of nitrogens with zero attached hydrogens (tertiary/aromatic N) is 1. The maximum Gasteiger partial charge on any atom is 0.187 e. The molecule has 2 aliphatic rings. The van der Waals surface area contributed by atoms with Crippen molar-refractivity contribution < 1.29 is 39.7 Å². The van der Waals surface area contributed by atoms with E-state index in [0.29, 0.717) is 5.57 Å². The fraction of sp³-hybridized carbons (Fsp3) is 0.667. The number of ether oxygens (including phenoxy) is 3. The van der Waals surface area contributed by atoms with E-state index in [0.717, 1.165) is 0 Å². The van der Waals surface area contributed by atoms with Crippen molar-refractivity contribution in [2.45, 2.75) is 49.0 Å². The van der Waals surface area contributed by atoms with Crippen molar-refractivity contribution in [3.8, 4) is 6.07 Å². The largest absolute Gasteiger partial charge is 0.394 e. The molecular formula is C15H21NO8. The summed E-state index contributed by atoms with van der Waals surface area (Å²) in [6, 6.07) is 1.83. The van der Waals surface area contributed by atoms with Crippen LogP contribution < -0.4 is 0 Å². The van der Waals surface area contributed by atoms with Crippen molar-refractivity contribution in [2.75, 3.05) is 13.7 Å². The molecule has 0 amide bonds. The second-order valence-electron chi connectivity index (χ2n) is 5.58. The predicted molar refractivity (Wildman–Crippen MR) is 78.3 cm³/mol. The number of allylic oxidation sites excluding steroid dienone is 1. The molecule has 5 N–H and O–H groups in total. The molecule has 0 aromatic heterocycles. The molecule has 1 aliphatic carbocycles. The van der Waals surface area contributed by atoms with Gasteiger partial charge in [0, 0.05) is 13.2 Å². The maximum absolute atomic E-state index is 10.3. The molecule has 2 rings (SSSR count). The van der Waals surface area contributed by atoms with Crippen LogP contribution in [0.2, 0.25) is 0 Å².